The number of methoxy groups -OCH3 is 2. The first kappa shape index (κ1) is 23.4. The second-order valence-electron chi connectivity index (χ2n) is 7.89. The van der Waals surface area contributed by atoms with E-state index in [4.69, 9.17) is 15.2 Å². The number of pyridine rings is 1. The number of amides is 1. The average molecular weight is 468 g/mol. The maximum absolute atomic E-state index is 12.9. The third-order valence-corrected chi connectivity index (χ3v) is 5.40. The van der Waals surface area contributed by atoms with Gasteiger partial charge >= 0.3 is 0 Å². The average Bonchev–Trinajstić information content (AvgIpc) is 3.30. The van der Waals surface area contributed by atoms with Crippen LogP contribution in [0.5, 0.6) is 11.5 Å². The van der Waals surface area contributed by atoms with Crippen LogP contribution in [0.15, 0.2) is 61.1 Å². The van der Waals surface area contributed by atoms with Gasteiger partial charge in [0.05, 0.1) is 26.0 Å². The van der Waals surface area contributed by atoms with Gasteiger partial charge in [0.2, 0.25) is 0 Å². The van der Waals surface area contributed by atoms with Crippen molar-refractivity contribution < 1.29 is 14.3 Å². The standard InChI is InChI=1S/C27H25N5O3/c1-17-5-6-20(27(33)31-23-11-24(34-3)13-25(12-23)35-4)9-18(17)7-8-19-10-21(14-29-26(19)28)22-15-30-32(2)16-22/h5-6,9-16H,1-4H3,(H2,28,29)(H,31,33). The second kappa shape index (κ2) is 10.0. The van der Waals surface area contributed by atoms with Crippen LogP contribution in [0.2, 0.25) is 0 Å². The predicted octanol–water partition coefficient (Wildman–Crippen LogP) is 4.04. The van der Waals surface area contributed by atoms with Crippen LogP contribution in [-0.2, 0) is 7.05 Å². The molecule has 0 atom stereocenters. The Morgan fingerprint density at radius 1 is 0.971 bits per heavy atom. The van der Waals surface area contributed by atoms with Crippen LogP contribution >= 0.6 is 0 Å². The molecule has 3 N–H and O–H groups in total. The van der Waals surface area contributed by atoms with E-state index in [0.29, 0.717) is 39.7 Å². The van der Waals surface area contributed by atoms with Crippen molar-refractivity contribution >= 4 is 17.4 Å². The van der Waals surface area contributed by atoms with Gasteiger partial charge in [0, 0.05) is 65.6 Å². The van der Waals surface area contributed by atoms with Gasteiger partial charge in [0.1, 0.15) is 17.3 Å². The van der Waals surface area contributed by atoms with E-state index >= 15 is 0 Å². The summed E-state index contributed by atoms with van der Waals surface area (Å²) in [6, 6.07) is 12.4. The zero-order valence-electron chi connectivity index (χ0n) is 19.9. The zero-order valence-corrected chi connectivity index (χ0v) is 19.9. The molecule has 0 aliphatic rings. The number of aryl methyl sites for hydroxylation is 2. The lowest BCUT2D eigenvalue weighted by molar-refractivity contribution is 0.102. The number of hydrogen-bond acceptors (Lipinski definition) is 6. The number of nitrogens with two attached hydrogens (primary N) is 1. The molecule has 0 spiro atoms. The molecule has 8 nitrogen and oxygen atoms in total. The summed E-state index contributed by atoms with van der Waals surface area (Å²) in [5.74, 6) is 7.46. The number of nitrogen functional groups attached to an aromatic ring is 1. The van der Waals surface area contributed by atoms with Crippen molar-refractivity contribution in [1.29, 1.82) is 0 Å². The topological polar surface area (TPSA) is 104 Å². The van der Waals surface area contributed by atoms with Gasteiger partial charge in [-0.2, -0.15) is 5.10 Å². The third-order valence-electron chi connectivity index (χ3n) is 5.40. The molecule has 0 fully saturated rings. The smallest absolute Gasteiger partial charge is 0.255 e. The van der Waals surface area contributed by atoms with Crippen molar-refractivity contribution in [3.8, 4) is 34.5 Å². The first-order chi connectivity index (χ1) is 16.9. The number of ether oxygens (including phenoxy) is 2. The van der Waals surface area contributed by atoms with Crippen molar-refractivity contribution in [1.82, 2.24) is 14.8 Å². The second-order valence-corrected chi connectivity index (χ2v) is 7.89. The van der Waals surface area contributed by atoms with Crippen LogP contribution in [0.1, 0.15) is 27.0 Å². The SMILES string of the molecule is COc1cc(NC(=O)c2ccc(C)c(C#Cc3cc(-c4cnn(C)c4)cnc3N)c2)cc(OC)c1. The molecule has 176 valence electrons. The van der Waals surface area contributed by atoms with E-state index in [-0.39, 0.29) is 5.91 Å². The lowest BCUT2D eigenvalue weighted by Gasteiger charge is -2.10. The van der Waals surface area contributed by atoms with Gasteiger partial charge in [-0.15, -0.1) is 0 Å². The molecule has 0 radical (unpaired) electrons. The Bertz CT molecular complexity index is 1440. The maximum Gasteiger partial charge on any atom is 0.255 e. The van der Waals surface area contributed by atoms with E-state index in [9.17, 15) is 4.79 Å². The molecule has 8 heteroatoms. The Kier molecular flexibility index (Phi) is 6.69. The number of aromatic nitrogens is 3. The lowest BCUT2D eigenvalue weighted by Crippen LogP contribution is -2.12. The van der Waals surface area contributed by atoms with Gasteiger partial charge < -0.3 is 20.5 Å². The van der Waals surface area contributed by atoms with Gasteiger partial charge in [0.25, 0.3) is 5.91 Å². The molecule has 2 aromatic heterocycles. The van der Waals surface area contributed by atoms with E-state index in [0.717, 1.165) is 16.7 Å². The Morgan fingerprint density at radius 2 is 1.69 bits per heavy atom. The highest BCUT2D eigenvalue weighted by Crippen LogP contribution is 2.26. The van der Waals surface area contributed by atoms with Crippen LogP contribution in [0, 0.1) is 18.8 Å². The van der Waals surface area contributed by atoms with Crippen LogP contribution in [0.4, 0.5) is 11.5 Å². The van der Waals surface area contributed by atoms with Gasteiger partial charge in [-0.3, -0.25) is 9.48 Å². The van der Waals surface area contributed by atoms with Crippen molar-refractivity contribution in [3.05, 3.63) is 83.3 Å². The Labute approximate surface area is 203 Å². The van der Waals surface area contributed by atoms with Gasteiger partial charge in [-0.1, -0.05) is 17.9 Å². The minimum absolute atomic E-state index is 0.275. The molecular weight excluding hydrogens is 442 g/mol. The minimum atomic E-state index is -0.275. The number of nitrogens with zero attached hydrogens (tertiary/aromatic N) is 3. The highest BCUT2D eigenvalue weighted by molar-refractivity contribution is 6.04. The molecule has 0 aliphatic carbocycles. The number of benzene rings is 2. The zero-order chi connectivity index (χ0) is 24.9. The molecule has 0 saturated carbocycles. The van der Waals surface area contributed by atoms with Gasteiger partial charge in [-0.05, 0) is 30.7 Å². The molecule has 2 heterocycles. The molecule has 2 aromatic carbocycles. The molecule has 4 aromatic rings. The number of anilines is 2. The fourth-order valence-electron chi connectivity index (χ4n) is 3.42. The minimum Gasteiger partial charge on any atom is -0.497 e. The Hall–Kier alpha value is -4.77. The number of carbonyl (C=O) groups excluding carboxylic acids is 1. The summed E-state index contributed by atoms with van der Waals surface area (Å²) >= 11 is 0. The number of carbonyl (C=O) groups is 1. The maximum atomic E-state index is 12.9. The first-order valence-corrected chi connectivity index (χ1v) is 10.8. The van der Waals surface area contributed by atoms with E-state index in [1.54, 1.807) is 61.6 Å². The predicted molar refractivity (Wildman–Crippen MR) is 136 cm³/mol. The summed E-state index contributed by atoms with van der Waals surface area (Å²) in [6.45, 7) is 1.94. The number of hydrogen-bond donors (Lipinski definition) is 2. The monoisotopic (exact) mass is 467 g/mol. The first-order valence-electron chi connectivity index (χ1n) is 10.8. The summed E-state index contributed by atoms with van der Waals surface area (Å²) in [6.07, 6.45) is 5.35. The number of rotatable bonds is 5. The highest BCUT2D eigenvalue weighted by Gasteiger charge is 2.11. The van der Waals surface area contributed by atoms with E-state index in [1.807, 2.05) is 32.3 Å². The fraction of sp³-hybridized carbons (Fsp3) is 0.148. The quantitative estimate of drug-likeness (QED) is 0.429. The van der Waals surface area contributed by atoms with Crippen LogP contribution in [0.25, 0.3) is 11.1 Å². The molecule has 4 rings (SSSR count). The molecule has 1 amide bonds. The van der Waals surface area contributed by atoms with Gasteiger partial charge in [-0.25, -0.2) is 4.98 Å². The molecular formula is C27H25N5O3. The fourth-order valence-corrected chi connectivity index (χ4v) is 3.42. The molecule has 0 saturated heterocycles. The van der Waals surface area contributed by atoms with E-state index in [2.05, 4.69) is 27.2 Å². The molecule has 0 bridgehead atoms. The van der Waals surface area contributed by atoms with Crippen LogP contribution in [-0.4, -0.2) is 34.9 Å². The van der Waals surface area contributed by atoms with Crippen molar-refractivity contribution in [2.45, 2.75) is 6.92 Å². The van der Waals surface area contributed by atoms with E-state index < -0.39 is 0 Å². The summed E-state index contributed by atoms with van der Waals surface area (Å²) in [4.78, 5) is 17.2. The summed E-state index contributed by atoms with van der Waals surface area (Å²) in [5, 5.41) is 7.08. The molecule has 35 heavy (non-hydrogen) atoms. The lowest BCUT2D eigenvalue weighted by atomic mass is 10.0. The molecule has 0 aliphatic heterocycles. The largest absolute Gasteiger partial charge is 0.497 e. The van der Waals surface area contributed by atoms with Crippen molar-refractivity contribution in [2.75, 3.05) is 25.3 Å². The Morgan fingerprint density at radius 3 is 2.34 bits per heavy atom. The summed E-state index contributed by atoms with van der Waals surface area (Å²) in [5.41, 5.74) is 11.1. The van der Waals surface area contributed by atoms with E-state index in [1.165, 1.54) is 0 Å². The third kappa shape index (κ3) is 5.42. The Balaban J connectivity index is 1.60. The summed E-state index contributed by atoms with van der Waals surface area (Å²) < 4.78 is 12.3. The van der Waals surface area contributed by atoms with Gasteiger partial charge in [0.15, 0.2) is 0 Å². The summed E-state index contributed by atoms with van der Waals surface area (Å²) in [7, 11) is 4.96. The van der Waals surface area contributed by atoms with Crippen molar-refractivity contribution in [2.24, 2.45) is 7.05 Å². The highest BCUT2D eigenvalue weighted by atomic mass is 16.5. The van der Waals surface area contributed by atoms with Crippen molar-refractivity contribution in [3.63, 3.8) is 0 Å². The van der Waals surface area contributed by atoms with Crippen LogP contribution in [0.3, 0.4) is 0 Å². The van der Waals surface area contributed by atoms with Crippen LogP contribution < -0.4 is 20.5 Å². The normalized spacial score (nSPS) is 10.3. The molecule has 0 unspecified atom stereocenters. The number of nitrogens with one attached hydrogen (secondary N) is 1.